The Bertz CT molecular complexity index is 796. The minimum Gasteiger partial charge on any atom is -0.380 e. The number of halogens is 1. The summed E-state index contributed by atoms with van der Waals surface area (Å²) in [6.45, 7) is 3.08. The molecule has 2 aromatic rings. The Morgan fingerprint density at radius 3 is 2.38 bits per heavy atom. The molecule has 3 amide bonds. The third-order valence-electron chi connectivity index (χ3n) is 4.33. The first-order chi connectivity index (χ1) is 14.0. The van der Waals surface area contributed by atoms with Gasteiger partial charge in [-0.05, 0) is 35.2 Å². The number of nitrogens with one attached hydrogen (secondary N) is 3. The molecule has 1 unspecified atom stereocenters. The second-order valence-electron chi connectivity index (χ2n) is 6.77. The number of urea groups is 1. The Hall–Kier alpha value is -2.93. The molecule has 0 fully saturated rings. The van der Waals surface area contributed by atoms with Crippen molar-refractivity contribution in [3.8, 4) is 0 Å². The summed E-state index contributed by atoms with van der Waals surface area (Å²) in [7, 11) is 1.64. The van der Waals surface area contributed by atoms with Gasteiger partial charge in [0.2, 0.25) is 5.91 Å². The number of hydrogen-bond acceptors (Lipinski definition) is 3. The summed E-state index contributed by atoms with van der Waals surface area (Å²) >= 11 is 0. The Morgan fingerprint density at radius 2 is 1.69 bits per heavy atom. The van der Waals surface area contributed by atoms with Gasteiger partial charge in [-0.15, -0.1) is 0 Å². The molecule has 0 aliphatic carbocycles. The normalized spacial score (nSPS) is 11.6. The average molecular weight is 401 g/mol. The third-order valence-corrected chi connectivity index (χ3v) is 4.33. The van der Waals surface area contributed by atoms with Gasteiger partial charge in [0, 0.05) is 20.2 Å². The molecule has 156 valence electrons. The van der Waals surface area contributed by atoms with Crippen LogP contribution in [0.2, 0.25) is 0 Å². The molecule has 0 saturated carbocycles. The van der Waals surface area contributed by atoms with Crippen molar-refractivity contribution in [2.45, 2.75) is 45.5 Å². The van der Waals surface area contributed by atoms with E-state index < -0.39 is 12.1 Å². The molecule has 0 radical (unpaired) electrons. The van der Waals surface area contributed by atoms with E-state index in [2.05, 4.69) is 16.0 Å². The molecule has 0 heterocycles. The van der Waals surface area contributed by atoms with Crippen LogP contribution in [0.3, 0.4) is 0 Å². The largest absolute Gasteiger partial charge is 0.380 e. The van der Waals surface area contributed by atoms with Gasteiger partial charge in [0.15, 0.2) is 0 Å². The lowest BCUT2D eigenvalue weighted by molar-refractivity contribution is -0.123. The van der Waals surface area contributed by atoms with E-state index in [1.165, 1.54) is 12.1 Å². The highest BCUT2D eigenvalue weighted by molar-refractivity contribution is 5.86. The van der Waals surface area contributed by atoms with Crippen LogP contribution in [-0.4, -0.2) is 25.1 Å². The van der Waals surface area contributed by atoms with Gasteiger partial charge < -0.3 is 20.7 Å². The minimum atomic E-state index is -0.629. The summed E-state index contributed by atoms with van der Waals surface area (Å²) < 4.78 is 18.1. The van der Waals surface area contributed by atoms with E-state index in [1.807, 2.05) is 31.2 Å². The molecule has 1 atom stereocenters. The first-order valence-electron chi connectivity index (χ1n) is 9.65. The van der Waals surface area contributed by atoms with Gasteiger partial charge in [-0.1, -0.05) is 49.7 Å². The van der Waals surface area contributed by atoms with Gasteiger partial charge in [-0.3, -0.25) is 4.79 Å². The van der Waals surface area contributed by atoms with Crippen LogP contribution in [0.1, 0.15) is 36.5 Å². The molecule has 2 rings (SSSR count). The summed E-state index contributed by atoms with van der Waals surface area (Å²) in [5.74, 6) is -0.563. The molecule has 6 nitrogen and oxygen atoms in total. The van der Waals surface area contributed by atoms with Gasteiger partial charge in [-0.25, -0.2) is 9.18 Å². The number of rotatable bonds is 10. The Kier molecular flexibility index (Phi) is 9.11. The van der Waals surface area contributed by atoms with Crippen LogP contribution < -0.4 is 16.0 Å². The fourth-order valence-corrected chi connectivity index (χ4v) is 2.86. The van der Waals surface area contributed by atoms with Crippen molar-refractivity contribution in [1.82, 2.24) is 16.0 Å². The van der Waals surface area contributed by atoms with Crippen molar-refractivity contribution in [3.63, 3.8) is 0 Å². The van der Waals surface area contributed by atoms with Crippen LogP contribution in [0.15, 0.2) is 48.5 Å². The zero-order valence-corrected chi connectivity index (χ0v) is 16.8. The first-order valence-corrected chi connectivity index (χ1v) is 9.65. The maximum Gasteiger partial charge on any atom is 0.315 e. The third kappa shape index (κ3) is 7.91. The standard InChI is InChI=1S/C22H28FN3O3/c1-3-5-20(26-22(28)25-13-16-8-10-19(23)11-9-16)21(27)24-14-17-6-4-7-18(12-17)15-29-2/h4,6-12,20H,3,5,13-15H2,1-2H3,(H,24,27)(H2,25,26,28). The van der Waals surface area contributed by atoms with E-state index in [0.29, 0.717) is 19.6 Å². The number of methoxy groups -OCH3 is 1. The van der Waals surface area contributed by atoms with Crippen molar-refractivity contribution in [3.05, 3.63) is 71.0 Å². The molecule has 0 aliphatic heterocycles. The lowest BCUT2D eigenvalue weighted by atomic mass is 10.1. The SMILES string of the molecule is CCCC(NC(=O)NCc1ccc(F)cc1)C(=O)NCc1cccc(COC)c1. The molecular weight excluding hydrogens is 373 g/mol. The zero-order valence-electron chi connectivity index (χ0n) is 16.8. The van der Waals surface area contributed by atoms with Gasteiger partial charge in [-0.2, -0.15) is 0 Å². The summed E-state index contributed by atoms with van der Waals surface area (Å²) in [5, 5.41) is 8.28. The molecule has 29 heavy (non-hydrogen) atoms. The number of carbonyl (C=O) groups excluding carboxylic acids is 2. The number of benzene rings is 2. The average Bonchev–Trinajstić information content (AvgIpc) is 2.72. The van der Waals surface area contributed by atoms with Crippen molar-refractivity contribution in [2.75, 3.05) is 7.11 Å². The van der Waals surface area contributed by atoms with Crippen LogP contribution in [-0.2, 0) is 29.2 Å². The second kappa shape index (κ2) is 11.8. The zero-order chi connectivity index (χ0) is 21.1. The molecule has 7 heteroatoms. The summed E-state index contributed by atoms with van der Waals surface area (Å²) in [5.41, 5.74) is 2.76. The van der Waals surface area contributed by atoms with Crippen LogP contribution in [0.5, 0.6) is 0 Å². The summed E-state index contributed by atoms with van der Waals surface area (Å²) in [6, 6.07) is 12.6. The van der Waals surface area contributed by atoms with Crippen LogP contribution in [0.25, 0.3) is 0 Å². The predicted molar refractivity (Wildman–Crippen MR) is 109 cm³/mol. The van der Waals surface area contributed by atoms with Gasteiger partial charge >= 0.3 is 6.03 Å². The Balaban J connectivity index is 1.85. The summed E-state index contributed by atoms with van der Waals surface area (Å²) in [4.78, 5) is 24.7. The molecule has 0 aromatic heterocycles. The molecule has 0 saturated heterocycles. The van der Waals surface area contributed by atoms with E-state index in [0.717, 1.165) is 23.1 Å². The highest BCUT2D eigenvalue weighted by Crippen LogP contribution is 2.07. The van der Waals surface area contributed by atoms with E-state index in [-0.39, 0.29) is 18.3 Å². The lowest BCUT2D eigenvalue weighted by Crippen LogP contribution is -2.49. The minimum absolute atomic E-state index is 0.235. The predicted octanol–water partition coefficient (Wildman–Crippen LogP) is 3.26. The van der Waals surface area contributed by atoms with E-state index in [4.69, 9.17) is 4.74 Å². The summed E-state index contributed by atoms with van der Waals surface area (Å²) in [6.07, 6.45) is 1.28. The smallest absolute Gasteiger partial charge is 0.315 e. The lowest BCUT2D eigenvalue weighted by Gasteiger charge is -2.18. The molecule has 3 N–H and O–H groups in total. The number of carbonyl (C=O) groups is 2. The van der Waals surface area contributed by atoms with Gasteiger partial charge in [0.05, 0.1) is 6.61 Å². The van der Waals surface area contributed by atoms with E-state index in [1.54, 1.807) is 19.2 Å². The number of hydrogen-bond donors (Lipinski definition) is 3. The van der Waals surface area contributed by atoms with Crippen molar-refractivity contribution >= 4 is 11.9 Å². The number of amides is 3. The molecule has 0 aliphatic rings. The van der Waals surface area contributed by atoms with Gasteiger partial charge in [0.1, 0.15) is 11.9 Å². The van der Waals surface area contributed by atoms with Crippen molar-refractivity contribution in [2.24, 2.45) is 0 Å². The highest BCUT2D eigenvalue weighted by atomic mass is 19.1. The Labute approximate surface area is 170 Å². The van der Waals surface area contributed by atoms with Crippen LogP contribution >= 0.6 is 0 Å². The number of ether oxygens (including phenoxy) is 1. The quantitative estimate of drug-likeness (QED) is 0.572. The Morgan fingerprint density at radius 1 is 1.00 bits per heavy atom. The van der Waals surface area contributed by atoms with Crippen LogP contribution in [0, 0.1) is 5.82 Å². The van der Waals surface area contributed by atoms with Crippen molar-refractivity contribution < 1.29 is 18.7 Å². The fourth-order valence-electron chi connectivity index (χ4n) is 2.86. The second-order valence-corrected chi connectivity index (χ2v) is 6.77. The monoisotopic (exact) mass is 401 g/mol. The highest BCUT2D eigenvalue weighted by Gasteiger charge is 2.19. The van der Waals surface area contributed by atoms with Crippen LogP contribution in [0.4, 0.5) is 9.18 Å². The molecular formula is C22H28FN3O3. The maximum atomic E-state index is 12.9. The maximum absolute atomic E-state index is 12.9. The van der Waals surface area contributed by atoms with E-state index in [9.17, 15) is 14.0 Å². The topological polar surface area (TPSA) is 79.5 Å². The van der Waals surface area contributed by atoms with E-state index >= 15 is 0 Å². The molecule has 2 aromatic carbocycles. The van der Waals surface area contributed by atoms with Gasteiger partial charge in [0.25, 0.3) is 0 Å². The fraction of sp³-hybridized carbons (Fsp3) is 0.364. The molecule has 0 spiro atoms. The first kappa shape index (κ1) is 22.4. The van der Waals surface area contributed by atoms with Crippen molar-refractivity contribution in [1.29, 1.82) is 0 Å². The molecule has 0 bridgehead atoms.